The minimum atomic E-state index is -4.45. The zero-order valence-electron chi connectivity index (χ0n) is 15.2. The number of aromatic nitrogens is 2. The lowest BCUT2D eigenvalue weighted by Gasteiger charge is -2.10. The highest BCUT2D eigenvalue weighted by molar-refractivity contribution is 6.05. The number of nitrogens with zero attached hydrogens (tertiary/aromatic N) is 2. The summed E-state index contributed by atoms with van der Waals surface area (Å²) in [6, 6.07) is 12.0. The Labute approximate surface area is 159 Å². The molecule has 0 unspecified atom stereocenters. The Hall–Kier alpha value is -3.13. The first-order valence-electron chi connectivity index (χ1n) is 8.41. The van der Waals surface area contributed by atoms with Crippen molar-refractivity contribution in [2.45, 2.75) is 19.7 Å². The topological polar surface area (TPSA) is 56.1 Å². The molecule has 1 heterocycles. The van der Waals surface area contributed by atoms with E-state index < -0.39 is 17.6 Å². The third-order valence-electron chi connectivity index (χ3n) is 4.17. The molecule has 0 fully saturated rings. The first-order valence-corrected chi connectivity index (χ1v) is 8.41. The van der Waals surface area contributed by atoms with Gasteiger partial charge in [0, 0.05) is 12.8 Å². The van der Waals surface area contributed by atoms with E-state index in [9.17, 15) is 18.0 Å². The molecular weight excluding hydrogens is 371 g/mol. The third-order valence-corrected chi connectivity index (χ3v) is 4.17. The predicted molar refractivity (Wildman–Crippen MR) is 98.4 cm³/mol. The molecule has 8 heteroatoms. The molecule has 0 atom stereocenters. The highest BCUT2D eigenvalue weighted by Gasteiger charge is 2.30. The number of anilines is 1. The van der Waals surface area contributed by atoms with Crippen molar-refractivity contribution in [2.24, 2.45) is 0 Å². The van der Waals surface area contributed by atoms with Crippen LogP contribution in [0.1, 0.15) is 27.2 Å². The minimum absolute atomic E-state index is 0.230. The molecule has 0 saturated carbocycles. The molecule has 1 amide bonds. The van der Waals surface area contributed by atoms with Crippen LogP contribution in [0.4, 0.5) is 18.9 Å². The zero-order chi connectivity index (χ0) is 20.3. The summed E-state index contributed by atoms with van der Waals surface area (Å²) in [5, 5.41) is 6.86. The number of halogens is 3. The van der Waals surface area contributed by atoms with Crippen molar-refractivity contribution < 1.29 is 22.7 Å². The summed E-state index contributed by atoms with van der Waals surface area (Å²) in [5.41, 5.74) is 1.65. The molecule has 0 aliphatic carbocycles. The van der Waals surface area contributed by atoms with E-state index in [1.807, 2.05) is 6.07 Å². The van der Waals surface area contributed by atoms with Gasteiger partial charge in [0.25, 0.3) is 5.91 Å². The Kier molecular flexibility index (Phi) is 5.51. The van der Waals surface area contributed by atoms with Crippen LogP contribution in [-0.2, 0) is 17.5 Å². The zero-order valence-corrected chi connectivity index (χ0v) is 15.2. The predicted octanol–water partition coefficient (Wildman–Crippen LogP) is 4.60. The van der Waals surface area contributed by atoms with Gasteiger partial charge in [0.1, 0.15) is 0 Å². The summed E-state index contributed by atoms with van der Waals surface area (Å²) in [5.74, 6) is -0.398. The van der Waals surface area contributed by atoms with Gasteiger partial charge in [0.05, 0.1) is 35.3 Å². The number of benzene rings is 2. The van der Waals surface area contributed by atoms with Crippen LogP contribution < -0.4 is 5.32 Å². The Morgan fingerprint density at radius 3 is 2.64 bits per heavy atom. The van der Waals surface area contributed by atoms with Crippen LogP contribution >= 0.6 is 0 Å². The van der Waals surface area contributed by atoms with E-state index in [0.29, 0.717) is 18.0 Å². The van der Waals surface area contributed by atoms with E-state index in [4.69, 9.17) is 4.74 Å². The average molecular weight is 389 g/mol. The lowest BCUT2D eigenvalue weighted by atomic mass is 10.1. The first kappa shape index (κ1) is 19.6. The number of carbonyl (C=O) groups excluding carboxylic acids is 1. The number of ether oxygens (including phenoxy) is 1. The van der Waals surface area contributed by atoms with Crippen molar-refractivity contribution in [2.75, 3.05) is 12.4 Å². The summed E-state index contributed by atoms with van der Waals surface area (Å²) in [6.45, 7) is 2.04. The summed E-state index contributed by atoms with van der Waals surface area (Å²) in [7, 11) is 1.58. The third kappa shape index (κ3) is 4.23. The maximum absolute atomic E-state index is 12.9. The summed E-state index contributed by atoms with van der Waals surface area (Å²) in [6.07, 6.45) is -3.12. The van der Waals surface area contributed by atoms with Crippen LogP contribution in [0.15, 0.2) is 54.7 Å². The smallest absolute Gasteiger partial charge is 0.380 e. The molecular formula is C20H18F3N3O2. The molecule has 5 nitrogen and oxygen atoms in total. The number of methoxy groups -OCH3 is 1. The van der Waals surface area contributed by atoms with Gasteiger partial charge >= 0.3 is 6.18 Å². The first-order chi connectivity index (χ1) is 13.3. The molecule has 1 N–H and O–H groups in total. The number of alkyl halides is 3. The Morgan fingerprint density at radius 2 is 1.93 bits per heavy atom. The SMILES string of the molecule is COCc1cccc(NC(=O)c2cnn(-c3cccc(C(F)(F)F)c3)c2C)c1. The minimum Gasteiger partial charge on any atom is -0.380 e. The van der Waals surface area contributed by atoms with Gasteiger partial charge in [0.15, 0.2) is 0 Å². The van der Waals surface area contributed by atoms with Gasteiger partial charge in [-0.3, -0.25) is 4.79 Å². The van der Waals surface area contributed by atoms with Crippen molar-refractivity contribution in [3.8, 4) is 5.69 Å². The fourth-order valence-electron chi connectivity index (χ4n) is 2.81. The summed E-state index contributed by atoms with van der Waals surface area (Å²) < 4.78 is 45.2. The normalized spacial score (nSPS) is 11.5. The van der Waals surface area contributed by atoms with E-state index >= 15 is 0 Å². The van der Waals surface area contributed by atoms with Gasteiger partial charge < -0.3 is 10.1 Å². The van der Waals surface area contributed by atoms with Crippen LogP contribution in [0.2, 0.25) is 0 Å². The molecule has 0 spiro atoms. The van der Waals surface area contributed by atoms with Crippen molar-refractivity contribution in [1.29, 1.82) is 0 Å². The molecule has 28 heavy (non-hydrogen) atoms. The van der Waals surface area contributed by atoms with Gasteiger partial charge in [-0.1, -0.05) is 18.2 Å². The molecule has 1 aromatic heterocycles. The number of hydrogen-bond donors (Lipinski definition) is 1. The molecule has 0 bridgehead atoms. The fraction of sp³-hybridized carbons (Fsp3) is 0.200. The Balaban J connectivity index is 1.85. The highest BCUT2D eigenvalue weighted by Crippen LogP contribution is 2.30. The largest absolute Gasteiger partial charge is 0.416 e. The number of nitrogens with one attached hydrogen (secondary N) is 1. The maximum Gasteiger partial charge on any atom is 0.416 e. The van der Waals surface area contributed by atoms with Gasteiger partial charge in [-0.05, 0) is 42.8 Å². The van der Waals surface area contributed by atoms with Gasteiger partial charge in [0.2, 0.25) is 0 Å². The van der Waals surface area contributed by atoms with E-state index in [0.717, 1.165) is 17.7 Å². The Bertz CT molecular complexity index is 996. The standard InChI is InChI=1S/C20H18F3N3O2/c1-13-18(19(27)25-16-7-3-5-14(9-16)12-28-2)11-24-26(13)17-8-4-6-15(10-17)20(21,22)23/h3-11H,12H2,1-2H3,(H,25,27). The van der Waals surface area contributed by atoms with Gasteiger partial charge in [-0.2, -0.15) is 18.3 Å². The van der Waals surface area contributed by atoms with Crippen molar-refractivity contribution in [3.63, 3.8) is 0 Å². The van der Waals surface area contributed by atoms with E-state index in [-0.39, 0.29) is 11.3 Å². The monoisotopic (exact) mass is 389 g/mol. The van der Waals surface area contributed by atoms with Crippen molar-refractivity contribution >= 4 is 11.6 Å². The van der Waals surface area contributed by atoms with E-state index in [1.165, 1.54) is 23.0 Å². The molecule has 3 aromatic rings. The maximum atomic E-state index is 12.9. The Morgan fingerprint density at radius 1 is 1.18 bits per heavy atom. The summed E-state index contributed by atoms with van der Waals surface area (Å²) in [4.78, 5) is 12.6. The van der Waals surface area contributed by atoms with E-state index in [2.05, 4.69) is 10.4 Å². The number of hydrogen-bond acceptors (Lipinski definition) is 3. The number of rotatable bonds is 5. The van der Waals surface area contributed by atoms with E-state index in [1.54, 1.807) is 32.2 Å². The number of carbonyl (C=O) groups is 1. The second-order valence-corrected chi connectivity index (χ2v) is 6.19. The second-order valence-electron chi connectivity index (χ2n) is 6.19. The molecule has 146 valence electrons. The van der Waals surface area contributed by atoms with Crippen LogP contribution in [0.5, 0.6) is 0 Å². The molecule has 2 aromatic carbocycles. The van der Waals surface area contributed by atoms with Gasteiger partial charge in [-0.25, -0.2) is 4.68 Å². The molecule has 0 saturated heterocycles. The fourth-order valence-corrected chi connectivity index (χ4v) is 2.81. The second kappa shape index (κ2) is 7.85. The molecule has 0 aliphatic rings. The molecule has 0 aliphatic heterocycles. The molecule has 3 rings (SSSR count). The van der Waals surface area contributed by atoms with Crippen LogP contribution in [-0.4, -0.2) is 22.8 Å². The van der Waals surface area contributed by atoms with Gasteiger partial charge in [-0.15, -0.1) is 0 Å². The number of amides is 1. The molecule has 0 radical (unpaired) electrons. The van der Waals surface area contributed by atoms with Crippen LogP contribution in [0.3, 0.4) is 0 Å². The summed E-state index contributed by atoms with van der Waals surface area (Å²) >= 11 is 0. The van der Waals surface area contributed by atoms with Crippen molar-refractivity contribution in [3.05, 3.63) is 77.1 Å². The average Bonchev–Trinajstić information content (AvgIpc) is 3.03. The van der Waals surface area contributed by atoms with Crippen molar-refractivity contribution in [1.82, 2.24) is 9.78 Å². The highest BCUT2D eigenvalue weighted by atomic mass is 19.4. The van der Waals surface area contributed by atoms with Crippen LogP contribution in [0, 0.1) is 6.92 Å². The lowest BCUT2D eigenvalue weighted by Crippen LogP contribution is -2.13. The quantitative estimate of drug-likeness (QED) is 0.694. The lowest BCUT2D eigenvalue weighted by molar-refractivity contribution is -0.137. The van der Waals surface area contributed by atoms with Crippen LogP contribution in [0.25, 0.3) is 5.69 Å².